The minimum atomic E-state index is -0.767. The van der Waals surface area contributed by atoms with E-state index in [0.717, 1.165) is 10.8 Å². The minimum absolute atomic E-state index is 0.439. The van der Waals surface area contributed by atoms with Gasteiger partial charge in [0.05, 0.1) is 0 Å². The van der Waals surface area contributed by atoms with Crippen molar-refractivity contribution in [2.75, 3.05) is 6.79 Å². The second-order valence-corrected chi connectivity index (χ2v) is 4.43. The molecule has 1 fully saturated rings. The Morgan fingerprint density at radius 1 is 1.23 bits per heavy atom. The number of rotatable bonds is 1. The van der Waals surface area contributed by atoms with Gasteiger partial charge in [-0.05, 0) is 23.6 Å². The topological polar surface area (TPSA) is 34.2 Å². The summed E-state index contributed by atoms with van der Waals surface area (Å²) in [6, 6.07) is 8.27. The highest BCUT2D eigenvalue weighted by Crippen LogP contribution is 2.45. The molecule has 0 unspecified atom stereocenters. The molecule has 3 nitrogen and oxygen atoms in total. The highest BCUT2D eigenvalue weighted by Gasteiger charge is 2.22. The SMILES string of the molecule is c1cc2ccc(P3OCO3)cc2[nH]1. The highest BCUT2D eigenvalue weighted by molar-refractivity contribution is 7.56. The first kappa shape index (κ1) is 7.51. The summed E-state index contributed by atoms with van der Waals surface area (Å²) in [5.74, 6) is 0. The maximum Gasteiger partial charge on any atom is 0.209 e. The van der Waals surface area contributed by atoms with E-state index >= 15 is 0 Å². The third-order valence-electron chi connectivity index (χ3n) is 2.09. The van der Waals surface area contributed by atoms with Gasteiger partial charge in [-0.25, -0.2) is 0 Å². The van der Waals surface area contributed by atoms with Crippen molar-refractivity contribution in [2.24, 2.45) is 0 Å². The largest absolute Gasteiger partial charge is 0.361 e. The zero-order chi connectivity index (χ0) is 8.67. The van der Waals surface area contributed by atoms with Crippen molar-refractivity contribution in [1.82, 2.24) is 4.98 Å². The van der Waals surface area contributed by atoms with Crippen LogP contribution >= 0.6 is 8.38 Å². The van der Waals surface area contributed by atoms with E-state index in [0.29, 0.717) is 6.79 Å². The summed E-state index contributed by atoms with van der Waals surface area (Å²) in [4.78, 5) is 3.16. The highest BCUT2D eigenvalue weighted by atomic mass is 31.2. The Hall–Kier alpha value is -0.890. The number of benzene rings is 1. The molecule has 1 aliphatic rings. The molecular formula is C9H8NO2P. The Labute approximate surface area is 76.6 Å². The monoisotopic (exact) mass is 193 g/mol. The van der Waals surface area contributed by atoms with Crippen molar-refractivity contribution in [3.8, 4) is 0 Å². The van der Waals surface area contributed by atoms with Crippen LogP contribution in [0.2, 0.25) is 0 Å². The van der Waals surface area contributed by atoms with Crippen molar-refractivity contribution in [2.45, 2.75) is 0 Å². The molecule has 0 aliphatic carbocycles. The van der Waals surface area contributed by atoms with E-state index in [2.05, 4.69) is 29.2 Å². The van der Waals surface area contributed by atoms with Crippen molar-refractivity contribution >= 4 is 24.6 Å². The second-order valence-electron chi connectivity index (χ2n) is 2.88. The van der Waals surface area contributed by atoms with Crippen LogP contribution in [0.4, 0.5) is 0 Å². The van der Waals surface area contributed by atoms with Gasteiger partial charge in [-0.2, -0.15) is 0 Å². The van der Waals surface area contributed by atoms with Gasteiger partial charge in [-0.15, -0.1) is 0 Å². The number of hydrogen-bond acceptors (Lipinski definition) is 2. The van der Waals surface area contributed by atoms with Crippen LogP contribution in [0.3, 0.4) is 0 Å². The Bertz CT molecular complexity index is 436. The fourth-order valence-corrected chi connectivity index (χ4v) is 2.34. The van der Waals surface area contributed by atoms with Gasteiger partial charge in [-0.3, -0.25) is 0 Å². The van der Waals surface area contributed by atoms with Crippen molar-refractivity contribution in [1.29, 1.82) is 0 Å². The zero-order valence-corrected chi connectivity index (χ0v) is 7.75. The molecule has 1 aromatic carbocycles. The van der Waals surface area contributed by atoms with Crippen LogP contribution in [0.1, 0.15) is 0 Å². The van der Waals surface area contributed by atoms with E-state index in [4.69, 9.17) is 9.05 Å². The Kier molecular flexibility index (Phi) is 1.62. The lowest BCUT2D eigenvalue weighted by molar-refractivity contribution is 0.0446. The van der Waals surface area contributed by atoms with E-state index in [1.54, 1.807) is 0 Å². The van der Waals surface area contributed by atoms with Crippen LogP contribution in [0.15, 0.2) is 30.5 Å². The van der Waals surface area contributed by atoms with Crippen LogP contribution in [-0.4, -0.2) is 11.8 Å². The summed E-state index contributed by atoms with van der Waals surface area (Å²) < 4.78 is 10.5. The van der Waals surface area contributed by atoms with Gasteiger partial charge in [0.25, 0.3) is 0 Å². The molecule has 1 N–H and O–H groups in total. The third-order valence-corrected chi connectivity index (χ3v) is 3.47. The molecule has 3 rings (SSSR count). The van der Waals surface area contributed by atoms with Gasteiger partial charge in [0.15, 0.2) is 6.79 Å². The normalized spacial score (nSPS) is 17.5. The molecule has 0 spiro atoms. The van der Waals surface area contributed by atoms with Gasteiger partial charge in [0.1, 0.15) is 0 Å². The predicted octanol–water partition coefficient (Wildman–Crippen LogP) is 2.11. The molecule has 1 saturated heterocycles. The van der Waals surface area contributed by atoms with E-state index in [9.17, 15) is 0 Å². The lowest BCUT2D eigenvalue weighted by Gasteiger charge is -2.25. The molecular weight excluding hydrogens is 185 g/mol. The van der Waals surface area contributed by atoms with Crippen LogP contribution in [0.5, 0.6) is 0 Å². The number of nitrogens with one attached hydrogen (secondary N) is 1. The van der Waals surface area contributed by atoms with Crippen molar-refractivity contribution in [3.05, 3.63) is 30.5 Å². The van der Waals surface area contributed by atoms with Gasteiger partial charge in [-0.1, -0.05) is 6.07 Å². The summed E-state index contributed by atoms with van der Waals surface area (Å²) in [5, 5.41) is 2.36. The molecule has 0 amide bonds. The van der Waals surface area contributed by atoms with Gasteiger partial charge < -0.3 is 14.0 Å². The molecule has 2 heterocycles. The zero-order valence-electron chi connectivity index (χ0n) is 6.86. The number of hydrogen-bond donors (Lipinski definition) is 1. The fourth-order valence-electron chi connectivity index (χ4n) is 1.40. The Balaban J connectivity index is 2.09. The molecule has 4 heteroatoms. The van der Waals surface area contributed by atoms with Gasteiger partial charge >= 0.3 is 0 Å². The second kappa shape index (κ2) is 2.81. The summed E-state index contributed by atoms with van der Waals surface area (Å²) >= 11 is 0. The first-order chi connectivity index (χ1) is 6.43. The number of aromatic amines is 1. The molecule has 1 aliphatic heterocycles. The van der Waals surface area contributed by atoms with E-state index < -0.39 is 8.38 Å². The number of aromatic nitrogens is 1. The maximum atomic E-state index is 5.27. The number of fused-ring (bicyclic) bond motifs is 1. The van der Waals surface area contributed by atoms with Crippen LogP contribution in [0, 0.1) is 0 Å². The molecule has 2 aromatic rings. The van der Waals surface area contributed by atoms with Crippen molar-refractivity contribution in [3.63, 3.8) is 0 Å². The predicted molar refractivity (Wildman–Crippen MR) is 51.9 cm³/mol. The van der Waals surface area contributed by atoms with E-state index in [-0.39, 0.29) is 0 Å². The molecule has 0 radical (unpaired) electrons. The van der Waals surface area contributed by atoms with E-state index in [1.807, 2.05) is 6.20 Å². The molecule has 1 aromatic heterocycles. The minimum Gasteiger partial charge on any atom is -0.361 e. The fraction of sp³-hybridized carbons (Fsp3) is 0.111. The first-order valence-electron chi connectivity index (χ1n) is 4.06. The van der Waals surface area contributed by atoms with Gasteiger partial charge in [0.2, 0.25) is 8.38 Å². The Morgan fingerprint density at radius 3 is 2.92 bits per heavy atom. The average molecular weight is 193 g/mol. The molecule has 0 atom stereocenters. The average Bonchev–Trinajstić information content (AvgIpc) is 2.47. The Morgan fingerprint density at radius 2 is 2.15 bits per heavy atom. The lowest BCUT2D eigenvalue weighted by Crippen LogP contribution is -2.15. The molecule has 13 heavy (non-hydrogen) atoms. The first-order valence-corrected chi connectivity index (χ1v) is 5.24. The molecule has 0 saturated carbocycles. The lowest BCUT2D eigenvalue weighted by atomic mass is 10.2. The maximum absolute atomic E-state index is 5.27. The third kappa shape index (κ3) is 1.17. The summed E-state index contributed by atoms with van der Waals surface area (Å²) in [7, 11) is -0.767. The van der Waals surface area contributed by atoms with E-state index in [1.165, 1.54) is 5.39 Å². The number of H-pyrrole nitrogens is 1. The quantitative estimate of drug-likeness (QED) is 0.704. The smallest absolute Gasteiger partial charge is 0.209 e. The van der Waals surface area contributed by atoms with Crippen LogP contribution in [0.25, 0.3) is 10.9 Å². The summed E-state index contributed by atoms with van der Waals surface area (Å²) in [6.45, 7) is 0.439. The summed E-state index contributed by atoms with van der Waals surface area (Å²) in [6.07, 6.45) is 1.93. The van der Waals surface area contributed by atoms with Crippen LogP contribution in [-0.2, 0) is 9.05 Å². The van der Waals surface area contributed by atoms with Gasteiger partial charge in [0, 0.05) is 17.0 Å². The van der Waals surface area contributed by atoms with Crippen LogP contribution < -0.4 is 5.30 Å². The molecule has 66 valence electrons. The van der Waals surface area contributed by atoms with Crippen molar-refractivity contribution < 1.29 is 9.05 Å². The summed E-state index contributed by atoms with van der Waals surface area (Å²) in [5.41, 5.74) is 1.14. The standard InChI is InChI=1S/C9H8NO2P/c1-2-8(13-11-6-12-13)5-9-7(1)3-4-10-9/h1-5,10H,6H2. The molecule has 0 bridgehead atoms.